The molecular weight excluding hydrogens is 486 g/mol. The van der Waals surface area contributed by atoms with Crippen LogP contribution in [0.1, 0.15) is 17.2 Å². The maximum atomic E-state index is 13.2. The number of nitrogens with zero attached hydrogens (tertiary/aromatic N) is 1. The van der Waals surface area contributed by atoms with Crippen LogP contribution < -0.4 is 16.0 Å². The number of rotatable bonds is 6. The quantitative estimate of drug-likeness (QED) is 0.213. The third-order valence-electron chi connectivity index (χ3n) is 4.65. The highest BCUT2D eigenvalue weighted by Crippen LogP contribution is 2.19. The van der Waals surface area contributed by atoms with E-state index >= 15 is 0 Å². The zero-order valence-electron chi connectivity index (χ0n) is 17.7. The Bertz CT molecular complexity index is 1090. The molecule has 4 N–H and O–H groups in total. The molecule has 0 heterocycles. The van der Waals surface area contributed by atoms with Gasteiger partial charge in [0.15, 0.2) is 5.11 Å². The fourth-order valence-corrected chi connectivity index (χ4v) is 3.46. The van der Waals surface area contributed by atoms with E-state index in [0.717, 1.165) is 21.3 Å². The second-order valence-corrected chi connectivity index (χ2v) is 8.58. The lowest BCUT2D eigenvalue weighted by molar-refractivity contribution is -0.117. The summed E-state index contributed by atoms with van der Waals surface area (Å²) in [7, 11) is 3.64. The molecule has 1 amide bonds. The van der Waals surface area contributed by atoms with Gasteiger partial charge < -0.3 is 20.9 Å². The number of hydrogen-bond acceptors (Lipinski definition) is 3. The molecule has 1 unspecified atom stereocenters. The van der Waals surface area contributed by atoms with E-state index in [1.165, 1.54) is 0 Å². The Morgan fingerprint density at radius 3 is 2.06 bits per heavy atom. The summed E-state index contributed by atoms with van der Waals surface area (Å²) in [5.41, 5.74) is 3.01. The van der Waals surface area contributed by atoms with Crippen LogP contribution in [0.15, 0.2) is 83.3 Å². The second kappa shape index (κ2) is 10.9. The average Bonchev–Trinajstić information content (AvgIpc) is 2.79. The van der Waals surface area contributed by atoms with Crippen LogP contribution in [0.2, 0.25) is 0 Å². The molecular formula is C24H24BrN5OS. The van der Waals surface area contributed by atoms with Crippen molar-refractivity contribution in [2.45, 2.75) is 6.04 Å². The van der Waals surface area contributed by atoms with E-state index in [4.69, 9.17) is 17.6 Å². The summed E-state index contributed by atoms with van der Waals surface area (Å²) in [5, 5.41) is 17.6. The maximum Gasteiger partial charge on any atom is 0.251 e. The first kappa shape index (κ1) is 23.4. The highest BCUT2D eigenvalue weighted by atomic mass is 79.9. The van der Waals surface area contributed by atoms with Crippen molar-refractivity contribution >= 4 is 56.4 Å². The predicted octanol–water partition coefficient (Wildman–Crippen LogP) is 5.00. The van der Waals surface area contributed by atoms with Crippen molar-refractivity contribution in [1.29, 1.82) is 5.41 Å². The third-order valence-corrected chi connectivity index (χ3v) is 5.39. The SMILES string of the molecule is CN(C)C(=N)c1ccc(NC(=O)C(NC(=S)Nc2ccc(Br)cc2)c2ccccc2)cc1. The molecule has 32 heavy (non-hydrogen) atoms. The number of anilines is 2. The molecule has 0 radical (unpaired) electrons. The highest BCUT2D eigenvalue weighted by molar-refractivity contribution is 9.10. The fraction of sp³-hybridized carbons (Fsp3) is 0.125. The molecule has 0 fully saturated rings. The average molecular weight is 510 g/mol. The van der Waals surface area contributed by atoms with Gasteiger partial charge in [0.25, 0.3) is 5.91 Å². The molecule has 0 bridgehead atoms. The minimum Gasteiger partial charge on any atom is -0.363 e. The number of halogens is 1. The van der Waals surface area contributed by atoms with Gasteiger partial charge in [0.05, 0.1) is 0 Å². The van der Waals surface area contributed by atoms with Crippen LogP contribution in [-0.4, -0.2) is 35.9 Å². The molecule has 3 rings (SSSR count). The number of nitrogens with one attached hydrogen (secondary N) is 4. The molecule has 1 atom stereocenters. The summed E-state index contributed by atoms with van der Waals surface area (Å²) in [6.45, 7) is 0. The second-order valence-electron chi connectivity index (χ2n) is 7.26. The van der Waals surface area contributed by atoms with Crippen LogP contribution in [-0.2, 0) is 4.79 Å². The minimum atomic E-state index is -0.689. The van der Waals surface area contributed by atoms with Crippen LogP contribution in [0.4, 0.5) is 11.4 Å². The van der Waals surface area contributed by atoms with Crippen LogP contribution in [0.5, 0.6) is 0 Å². The summed E-state index contributed by atoms with van der Waals surface area (Å²) < 4.78 is 0.968. The van der Waals surface area contributed by atoms with E-state index in [0.29, 0.717) is 16.6 Å². The summed E-state index contributed by atoms with van der Waals surface area (Å²) in [6.07, 6.45) is 0. The van der Waals surface area contributed by atoms with Crippen LogP contribution in [0.3, 0.4) is 0 Å². The van der Waals surface area contributed by atoms with Crippen LogP contribution >= 0.6 is 28.1 Å². The first-order valence-electron chi connectivity index (χ1n) is 9.88. The first-order valence-corrected chi connectivity index (χ1v) is 11.1. The van der Waals surface area contributed by atoms with E-state index < -0.39 is 6.04 Å². The van der Waals surface area contributed by atoms with Crippen molar-refractivity contribution < 1.29 is 4.79 Å². The Morgan fingerprint density at radius 2 is 1.47 bits per heavy atom. The largest absolute Gasteiger partial charge is 0.363 e. The number of hydrogen-bond donors (Lipinski definition) is 4. The molecule has 0 saturated heterocycles. The van der Waals surface area contributed by atoms with Gasteiger partial charge in [-0.05, 0) is 66.3 Å². The van der Waals surface area contributed by atoms with Gasteiger partial charge in [-0.1, -0.05) is 46.3 Å². The van der Waals surface area contributed by atoms with E-state index in [1.807, 2.05) is 80.8 Å². The van der Waals surface area contributed by atoms with E-state index in [1.54, 1.807) is 17.0 Å². The minimum absolute atomic E-state index is 0.244. The first-order chi connectivity index (χ1) is 15.3. The van der Waals surface area contributed by atoms with Crippen molar-refractivity contribution in [3.63, 3.8) is 0 Å². The lowest BCUT2D eigenvalue weighted by Gasteiger charge is -2.21. The number of carbonyl (C=O) groups is 1. The molecule has 8 heteroatoms. The Kier molecular flexibility index (Phi) is 7.97. The fourth-order valence-electron chi connectivity index (χ4n) is 2.96. The van der Waals surface area contributed by atoms with E-state index in [2.05, 4.69) is 31.9 Å². The van der Waals surface area contributed by atoms with Gasteiger partial charge in [-0.2, -0.15) is 0 Å². The van der Waals surface area contributed by atoms with Crippen molar-refractivity contribution in [3.8, 4) is 0 Å². The van der Waals surface area contributed by atoms with Gasteiger partial charge in [-0.15, -0.1) is 0 Å². The summed E-state index contributed by atoms with van der Waals surface area (Å²) in [4.78, 5) is 14.9. The Labute approximate surface area is 201 Å². The zero-order chi connectivity index (χ0) is 23.1. The van der Waals surface area contributed by atoms with E-state index in [9.17, 15) is 4.79 Å². The topological polar surface area (TPSA) is 80.2 Å². The monoisotopic (exact) mass is 509 g/mol. The smallest absolute Gasteiger partial charge is 0.251 e. The molecule has 0 aliphatic rings. The van der Waals surface area contributed by atoms with Gasteiger partial charge in [-0.3, -0.25) is 10.2 Å². The van der Waals surface area contributed by atoms with Crippen molar-refractivity contribution in [1.82, 2.24) is 10.2 Å². The molecule has 0 spiro atoms. The molecule has 0 aromatic heterocycles. The number of amidine groups is 1. The van der Waals surface area contributed by atoms with Crippen LogP contribution in [0, 0.1) is 5.41 Å². The van der Waals surface area contributed by atoms with Gasteiger partial charge in [0.1, 0.15) is 11.9 Å². The van der Waals surface area contributed by atoms with Crippen LogP contribution in [0.25, 0.3) is 0 Å². The van der Waals surface area contributed by atoms with E-state index in [-0.39, 0.29) is 5.91 Å². The highest BCUT2D eigenvalue weighted by Gasteiger charge is 2.22. The van der Waals surface area contributed by atoms with Gasteiger partial charge in [0.2, 0.25) is 0 Å². The summed E-state index contributed by atoms with van der Waals surface area (Å²) in [5.74, 6) is 0.155. The van der Waals surface area contributed by atoms with Gasteiger partial charge in [0, 0.05) is 35.5 Å². The van der Waals surface area contributed by atoms with Crippen molar-refractivity contribution in [2.24, 2.45) is 0 Å². The molecule has 0 aliphatic heterocycles. The Morgan fingerprint density at radius 1 is 0.906 bits per heavy atom. The lowest BCUT2D eigenvalue weighted by Crippen LogP contribution is -2.39. The number of benzene rings is 3. The Hall–Kier alpha value is -3.23. The predicted molar refractivity (Wildman–Crippen MR) is 138 cm³/mol. The number of carbonyl (C=O) groups excluding carboxylic acids is 1. The van der Waals surface area contributed by atoms with Crippen molar-refractivity contribution in [3.05, 3.63) is 94.5 Å². The number of amides is 1. The Balaban J connectivity index is 1.73. The maximum absolute atomic E-state index is 13.2. The molecule has 6 nitrogen and oxygen atoms in total. The molecule has 3 aromatic rings. The standard InChI is InChI=1S/C24H24BrN5OS/c1-30(2)22(26)17-8-12-19(13-9-17)27-23(31)21(16-6-4-3-5-7-16)29-24(32)28-20-14-10-18(25)11-15-20/h3-15,21,26H,1-2H3,(H,27,31)(H2,28,29,32). The third kappa shape index (κ3) is 6.38. The normalized spacial score (nSPS) is 11.2. The molecule has 164 valence electrons. The molecule has 3 aromatic carbocycles. The summed E-state index contributed by atoms with van der Waals surface area (Å²) >= 11 is 8.87. The number of thiocarbonyl (C=S) groups is 1. The summed E-state index contributed by atoms with van der Waals surface area (Å²) in [6, 6.07) is 23.5. The zero-order valence-corrected chi connectivity index (χ0v) is 20.1. The molecule has 0 saturated carbocycles. The van der Waals surface area contributed by atoms with Crippen molar-refractivity contribution in [2.75, 3.05) is 24.7 Å². The molecule has 0 aliphatic carbocycles. The lowest BCUT2D eigenvalue weighted by atomic mass is 10.1. The van der Waals surface area contributed by atoms with Gasteiger partial charge in [-0.25, -0.2) is 0 Å². The van der Waals surface area contributed by atoms with Gasteiger partial charge >= 0.3 is 0 Å².